The molecule has 1 aromatic heterocycles. The summed E-state index contributed by atoms with van der Waals surface area (Å²) in [7, 11) is 0. The quantitative estimate of drug-likeness (QED) is 0.863. The molecule has 1 fully saturated rings. The maximum Gasteiger partial charge on any atom is 0.335 e. The van der Waals surface area contributed by atoms with Crippen LogP contribution in [0.4, 0.5) is 0 Å². The van der Waals surface area contributed by atoms with Crippen LogP contribution in [0.2, 0.25) is 0 Å². The number of carbonyl (C=O) groups is 2. The predicted molar refractivity (Wildman–Crippen MR) is 100.0 cm³/mol. The highest BCUT2D eigenvalue weighted by atomic mass is 16.4. The number of carboxylic acids is 1. The van der Waals surface area contributed by atoms with E-state index in [1.165, 1.54) is 0 Å². The molecule has 1 saturated heterocycles. The van der Waals surface area contributed by atoms with Gasteiger partial charge in [0.25, 0.3) is 5.91 Å². The molecule has 1 aliphatic heterocycles. The minimum Gasteiger partial charge on any atom is -0.479 e. The minimum atomic E-state index is -1.75. The zero-order valence-corrected chi connectivity index (χ0v) is 15.8. The summed E-state index contributed by atoms with van der Waals surface area (Å²) < 4.78 is 1.70. The fraction of sp³-hybridized carbons (Fsp3) is 0.450. The molecule has 144 valence electrons. The van der Waals surface area contributed by atoms with Gasteiger partial charge in [0.2, 0.25) is 0 Å². The fourth-order valence-electron chi connectivity index (χ4n) is 3.26. The number of hydrogen-bond acceptors (Lipinski definition) is 4. The van der Waals surface area contributed by atoms with Crippen molar-refractivity contribution in [3.63, 3.8) is 0 Å². The highest BCUT2D eigenvalue weighted by Gasteiger charge is 2.41. The van der Waals surface area contributed by atoms with E-state index in [0.29, 0.717) is 11.3 Å². The van der Waals surface area contributed by atoms with E-state index in [0.717, 1.165) is 5.69 Å². The van der Waals surface area contributed by atoms with Crippen LogP contribution in [0, 0.1) is 0 Å². The van der Waals surface area contributed by atoms with E-state index in [-0.39, 0.29) is 37.3 Å². The lowest BCUT2D eigenvalue weighted by Crippen LogP contribution is -2.51. The van der Waals surface area contributed by atoms with Gasteiger partial charge in [-0.15, -0.1) is 0 Å². The summed E-state index contributed by atoms with van der Waals surface area (Å²) in [5, 5.41) is 23.9. The van der Waals surface area contributed by atoms with E-state index in [2.05, 4.69) is 5.10 Å². The summed E-state index contributed by atoms with van der Waals surface area (Å²) >= 11 is 0. The fourth-order valence-corrected chi connectivity index (χ4v) is 3.26. The van der Waals surface area contributed by atoms with Crippen molar-refractivity contribution in [2.24, 2.45) is 0 Å². The molecule has 0 atom stereocenters. The summed E-state index contributed by atoms with van der Waals surface area (Å²) in [6.45, 7) is 6.39. The van der Waals surface area contributed by atoms with Crippen LogP contribution in [-0.2, 0) is 10.2 Å². The number of nitrogens with zero attached hydrogens (tertiary/aromatic N) is 3. The van der Waals surface area contributed by atoms with Crippen LogP contribution in [0.3, 0.4) is 0 Å². The van der Waals surface area contributed by atoms with E-state index < -0.39 is 11.6 Å². The van der Waals surface area contributed by atoms with Gasteiger partial charge in [-0.05, 0) is 12.1 Å². The van der Waals surface area contributed by atoms with Gasteiger partial charge in [-0.1, -0.05) is 39.0 Å². The molecule has 1 amide bonds. The molecule has 7 nitrogen and oxygen atoms in total. The van der Waals surface area contributed by atoms with Crippen LogP contribution < -0.4 is 0 Å². The molecule has 7 heteroatoms. The predicted octanol–water partition coefficient (Wildman–Crippen LogP) is 2.22. The Morgan fingerprint density at radius 2 is 1.70 bits per heavy atom. The molecule has 3 rings (SSSR count). The number of amides is 1. The highest BCUT2D eigenvalue weighted by molar-refractivity contribution is 5.96. The Balaban J connectivity index is 1.90. The number of likely N-dealkylation sites (tertiary alicyclic amines) is 1. The topological polar surface area (TPSA) is 95.7 Å². The van der Waals surface area contributed by atoms with Crippen LogP contribution in [0.1, 0.15) is 49.7 Å². The van der Waals surface area contributed by atoms with Gasteiger partial charge in [0.15, 0.2) is 5.60 Å². The lowest BCUT2D eigenvalue weighted by molar-refractivity contribution is -0.162. The molecular weight excluding hydrogens is 346 g/mol. The molecule has 0 aliphatic carbocycles. The SMILES string of the molecule is CC(C)(C)c1nn(-c2ccccc2)cc1C(=O)N1CCC(O)(C(=O)O)CC1. The third-order valence-electron chi connectivity index (χ3n) is 4.95. The molecule has 0 spiro atoms. The summed E-state index contributed by atoms with van der Waals surface area (Å²) in [6.07, 6.45) is 1.77. The van der Waals surface area contributed by atoms with Gasteiger partial charge in [0.05, 0.1) is 16.9 Å². The molecule has 0 saturated carbocycles. The third-order valence-corrected chi connectivity index (χ3v) is 4.95. The summed E-state index contributed by atoms with van der Waals surface area (Å²) in [5.74, 6) is -1.42. The number of rotatable bonds is 3. The van der Waals surface area contributed by atoms with Crippen molar-refractivity contribution < 1.29 is 19.8 Å². The standard InChI is InChI=1S/C20H25N3O4/c1-19(2,3)16-15(13-23(21-16)14-7-5-4-6-8-14)17(24)22-11-9-20(27,10-12-22)18(25)26/h4-8,13,27H,9-12H2,1-3H3,(H,25,26). The second-order valence-corrected chi connectivity index (χ2v) is 8.05. The van der Waals surface area contributed by atoms with Crippen molar-refractivity contribution in [3.8, 4) is 5.69 Å². The zero-order chi connectivity index (χ0) is 19.8. The molecule has 27 heavy (non-hydrogen) atoms. The normalized spacial score (nSPS) is 17.0. The zero-order valence-electron chi connectivity index (χ0n) is 15.8. The van der Waals surface area contributed by atoms with Crippen LogP contribution >= 0.6 is 0 Å². The first-order valence-corrected chi connectivity index (χ1v) is 9.02. The van der Waals surface area contributed by atoms with E-state index in [1.54, 1.807) is 15.8 Å². The van der Waals surface area contributed by atoms with Gasteiger partial charge in [-0.3, -0.25) is 4.79 Å². The first-order chi connectivity index (χ1) is 12.6. The van der Waals surface area contributed by atoms with Gasteiger partial charge in [0, 0.05) is 37.5 Å². The van der Waals surface area contributed by atoms with Crippen molar-refractivity contribution in [1.29, 1.82) is 0 Å². The molecule has 0 radical (unpaired) electrons. The largest absolute Gasteiger partial charge is 0.479 e. The number of benzene rings is 1. The monoisotopic (exact) mass is 371 g/mol. The van der Waals surface area contributed by atoms with Gasteiger partial charge < -0.3 is 15.1 Å². The summed E-state index contributed by atoms with van der Waals surface area (Å²) in [6, 6.07) is 9.57. The molecule has 2 heterocycles. The lowest BCUT2D eigenvalue weighted by atomic mass is 9.88. The highest BCUT2D eigenvalue weighted by Crippen LogP contribution is 2.29. The van der Waals surface area contributed by atoms with Crippen LogP contribution in [-0.4, -0.2) is 55.5 Å². The Hall–Kier alpha value is -2.67. The Kier molecular flexibility index (Phi) is 4.82. The maximum atomic E-state index is 13.1. The van der Waals surface area contributed by atoms with E-state index in [4.69, 9.17) is 5.11 Å². The molecule has 2 aromatic rings. The van der Waals surface area contributed by atoms with Crippen LogP contribution in [0.15, 0.2) is 36.5 Å². The number of aliphatic carboxylic acids is 1. The molecule has 2 N–H and O–H groups in total. The number of hydrogen-bond donors (Lipinski definition) is 2. The molecule has 1 aliphatic rings. The summed E-state index contributed by atoms with van der Waals surface area (Å²) in [5.41, 5.74) is -0.0241. The van der Waals surface area contributed by atoms with E-state index in [1.807, 2.05) is 51.1 Å². The van der Waals surface area contributed by atoms with Crippen molar-refractivity contribution in [3.05, 3.63) is 47.8 Å². The van der Waals surface area contributed by atoms with Gasteiger partial charge >= 0.3 is 5.97 Å². The molecular formula is C20H25N3O4. The number of aliphatic hydroxyl groups is 1. The number of aromatic nitrogens is 2. The second kappa shape index (κ2) is 6.81. The minimum absolute atomic E-state index is 0.0196. The Morgan fingerprint density at radius 3 is 2.22 bits per heavy atom. The second-order valence-electron chi connectivity index (χ2n) is 8.05. The van der Waals surface area contributed by atoms with E-state index in [9.17, 15) is 14.7 Å². The first-order valence-electron chi connectivity index (χ1n) is 9.02. The van der Waals surface area contributed by atoms with Crippen LogP contribution in [0.25, 0.3) is 5.69 Å². The third kappa shape index (κ3) is 3.73. The van der Waals surface area contributed by atoms with Crippen molar-refractivity contribution >= 4 is 11.9 Å². The van der Waals surface area contributed by atoms with Crippen molar-refractivity contribution in [2.75, 3.05) is 13.1 Å². The Morgan fingerprint density at radius 1 is 1.11 bits per heavy atom. The van der Waals surface area contributed by atoms with Crippen molar-refractivity contribution in [2.45, 2.75) is 44.6 Å². The van der Waals surface area contributed by atoms with Crippen molar-refractivity contribution in [1.82, 2.24) is 14.7 Å². The van der Waals surface area contributed by atoms with Gasteiger partial charge in [-0.2, -0.15) is 5.10 Å². The van der Waals surface area contributed by atoms with Crippen LogP contribution in [0.5, 0.6) is 0 Å². The average molecular weight is 371 g/mol. The van der Waals surface area contributed by atoms with E-state index >= 15 is 0 Å². The smallest absolute Gasteiger partial charge is 0.335 e. The summed E-state index contributed by atoms with van der Waals surface area (Å²) in [4.78, 5) is 25.9. The molecule has 1 aromatic carbocycles. The number of piperidine rings is 1. The van der Waals surface area contributed by atoms with Gasteiger partial charge in [0.1, 0.15) is 0 Å². The first kappa shape index (κ1) is 19.1. The number of carbonyl (C=O) groups excluding carboxylic acids is 1. The van der Waals surface area contributed by atoms with Gasteiger partial charge in [-0.25, -0.2) is 9.48 Å². The molecule has 0 bridgehead atoms. The average Bonchev–Trinajstić information content (AvgIpc) is 3.08. The Labute approximate surface area is 158 Å². The maximum absolute atomic E-state index is 13.1. The number of carboxylic acid groups (broad SMARTS) is 1. The molecule has 0 unspecified atom stereocenters. The number of para-hydroxylation sites is 1. The lowest BCUT2D eigenvalue weighted by Gasteiger charge is -2.35. The Bertz CT molecular complexity index is 844.